The van der Waals surface area contributed by atoms with Crippen molar-refractivity contribution in [1.82, 2.24) is 4.90 Å². The second kappa shape index (κ2) is 5.80. The fraction of sp³-hybridized carbons (Fsp3) is 0.467. The van der Waals surface area contributed by atoms with Crippen LogP contribution >= 0.6 is 0 Å². The van der Waals surface area contributed by atoms with E-state index in [2.05, 4.69) is 0 Å². The van der Waals surface area contributed by atoms with Crippen LogP contribution in [0, 0.1) is 6.92 Å². The van der Waals surface area contributed by atoms with Gasteiger partial charge in [-0.2, -0.15) is 0 Å². The molecule has 1 heterocycles. The average Bonchev–Trinajstić information content (AvgIpc) is 2.55. The molecule has 1 saturated heterocycles. The third-order valence-electron chi connectivity index (χ3n) is 3.35. The first-order chi connectivity index (χ1) is 8.66. The van der Waals surface area contributed by atoms with Gasteiger partial charge in [0, 0.05) is 18.5 Å². The molecule has 2 rings (SSSR count). The van der Waals surface area contributed by atoms with Gasteiger partial charge in [-0.25, -0.2) is 0 Å². The molecule has 0 bridgehead atoms. The molecule has 0 N–H and O–H groups in total. The normalized spacial score (nSPS) is 16.5. The van der Waals surface area contributed by atoms with Gasteiger partial charge in [0.25, 0.3) is 0 Å². The Morgan fingerprint density at radius 1 is 1.28 bits per heavy atom. The standard InChI is InChI=1S/C15H19NO2/c1-12-6-5-7-13(10-12)14(17)11-16-9-4-2-3-8-15(16)18/h5-7,10H,2-4,8-9,11H2,1H3. The lowest BCUT2D eigenvalue weighted by Gasteiger charge is -2.19. The lowest BCUT2D eigenvalue weighted by molar-refractivity contribution is -0.130. The van der Waals surface area contributed by atoms with Crippen molar-refractivity contribution in [3.05, 3.63) is 35.4 Å². The molecule has 0 radical (unpaired) electrons. The van der Waals surface area contributed by atoms with Gasteiger partial charge in [-0.05, 0) is 25.8 Å². The number of nitrogens with zero attached hydrogens (tertiary/aromatic N) is 1. The van der Waals surface area contributed by atoms with Gasteiger partial charge in [0.1, 0.15) is 0 Å². The van der Waals surface area contributed by atoms with Crippen LogP contribution in [0.3, 0.4) is 0 Å². The molecule has 0 aromatic heterocycles. The summed E-state index contributed by atoms with van der Waals surface area (Å²) in [6.45, 7) is 2.91. The summed E-state index contributed by atoms with van der Waals surface area (Å²) in [6.07, 6.45) is 3.63. The smallest absolute Gasteiger partial charge is 0.222 e. The number of amides is 1. The number of Topliss-reactive ketones (excluding diaryl/α,β-unsaturated/α-hetero) is 1. The van der Waals surface area contributed by atoms with E-state index in [9.17, 15) is 9.59 Å². The number of aryl methyl sites for hydroxylation is 1. The molecule has 1 aromatic carbocycles. The van der Waals surface area contributed by atoms with Gasteiger partial charge in [0.2, 0.25) is 5.91 Å². The fourth-order valence-corrected chi connectivity index (χ4v) is 2.29. The minimum atomic E-state index is 0.0361. The highest BCUT2D eigenvalue weighted by molar-refractivity contribution is 5.99. The maximum absolute atomic E-state index is 12.1. The van der Waals surface area contributed by atoms with Crippen LogP contribution in [-0.4, -0.2) is 29.7 Å². The number of carbonyl (C=O) groups is 2. The highest BCUT2D eigenvalue weighted by atomic mass is 16.2. The average molecular weight is 245 g/mol. The summed E-state index contributed by atoms with van der Waals surface area (Å²) < 4.78 is 0. The number of hydrogen-bond acceptors (Lipinski definition) is 2. The first kappa shape index (κ1) is 12.8. The van der Waals surface area contributed by atoms with Crippen molar-refractivity contribution in [3.63, 3.8) is 0 Å². The molecule has 1 amide bonds. The summed E-state index contributed by atoms with van der Waals surface area (Å²) in [5, 5.41) is 0. The summed E-state index contributed by atoms with van der Waals surface area (Å²) in [4.78, 5) is 25.7. The van der Waals surface area contributed by atoms with E-state index in [0.29, 0.717) is 12.0 Å². The van der Waals surface area contributed by atoms with Crippen molar-refractivity contribution in [2.75, 3.05) is 13.1 Å². The summed E-state index contributed by atoms with van der Waals surface area (Å²) in [5.74, 6) is 0.155. The van der Waals surface area contributed by atoms with Crippen LogP contribution in [0.4, 0.5) is 0 Å². The molecule has 1 aliphatic rings. The third-order valence-corrected chi connectivity index (χ3v) is 3.35. The number of hydrogen-bond donors (Lipinski definition) is 0. The van der Waals surface area contributed by atoms with Crippen molar-refractivity contribution in [2.45, 2.75) is 32.6 Å². The highest BCUT2D eigenvalue weighted by Gasteiger charge is 2.19. The van der Waals surface area contributed by atoms with Gasteiger partial charge in [0.15, 0.2) is 5.78 Å². The Kier molecular flexibility index (Phi) is 4.13. The van der Waals surface area contributed by atoms with Crippen molar-refractivity contribution >= 4 is 11.7 Å². The minimum absolute atomic E-state index is 0.0361. The molecular weight excluding hydrogens is 226 g/mol. The predicted octanol–water partition coefficient (Wildman–Crippen LogP) is 2.58. The monoisotopic (exact) mass is 245 g/mol. The molecule has 3 heteroatoms. The molecule has 1 aromatic rings. The Morgan fingerprint density at radius 2 is 2.11 bits per heavy atom. The van der Waals surface area contributed by atoms with E-state index in [-0.39, 0.29) is 18.2 Å². The van der Waals surface area contributed by atoms with E-state index in [1.165, 1.54) is 0 Å². The second-order valence-electron chi connectivity index (χ2n) is 4.92. The Bertz CT molecular complexity index is 454. The van der Waals surface area contributed by atoms with Crippen molar-refractivity contribution < 1.29 is 9.59 Å². The first-order valence-corrected chi connectivity index (χ1v) is 6.54. The van der Waals surface area contributed by atoms with Crippen molar-refractivity contribution in [1.29, 1.82) is 0 Å². The molecule has 0 aliphatic carbocycles. The van der Waals surface area contributed by atoms with Crippen LogP contribution in [0.15, 0.2) is 24.3 Å². The van der Waals surface area contributed by atoms with Gasteiger partial charge in [0.05, 0.1) is 6.54 Å². The summed E-state index contributed by atoms with van der Waals surface area (Å²) >= 11 is 0. The Balaban J connectivity index is 2.04. The highest BCUT2D eigenvalue weighted by Crippen LogP contribution is 2.12. The number of likely N-dealkylation sites (tertiary alicyclic amines) is 1. The van der Waals surface area contributed by atoms with E-state index < -0.39 is 0 Å². The predicted molar refractivity (Wildman–Crippen MR) is 70.6 cm³/mol. The Morgan fingerprint density at radius 3 is 2.89 bits per heavy atom. The van der Waals surface area contributed by atoms with Crippen molar-refractivity contribution in [2.24, 2.45) is 0 Å². The maximum Gasteiger partial charge on any atom is 0.222 e. The van der Waals surface area contributed by atoms with Crippen molar-refractivity contribution in [3.8, 4) is 0 Å². The Labute approximate surface area is 108 Å². The number of ketones is 1. The van der Waals surface area contributed by atoms with Crippen LogP contribution < -0.4 is 0 Å². The molecule has 0 atom stereocenters. The Hall–Kier alpha value is -1.64. The second-order valence-corrected chi connectivity index (χ2v) is 4.92. The third kappa shape index (κ3) is 3.19. The SMILES string of the molecule is Cc1cccc(C(=O)CN2CCCCCC2=O)c1. The van der Waals surface area contributed by atoms with Crippen LogP contribution in [-0.2, 0) is 4.79 Å². The largest absolute Gasteiger partial charge is 0.335 e. The lowest BCUT2D eigenvalue weighted by atomic mass is 10.1. The summed E-state index contributed by atoms with van der Waals surface area (Å²) in [6, 6.07) is 7.54. The molecular formula is C15H19NO2. The molecule has 18 heavy (non-hydrogen) atoms. The van der Waals surface area contributed by atoms with E-state index in [1.54, 1.807) is 4.90 Å². The van der Waals surface area contributed by atoms with Gasteiger partial charge in [-0.1, -0.05) is 30.2 Å². The van der Waals surface area contributed by atoms with E-state index in [1.807, 2.05) is 31.2 Å². The first-order valence-electron chi connectivity index (χ1n) is 6.54. The molecule has 3 nitrogen and oxygen atoms in total. The number of rotatable bonds is 3. The van der Waals surface area contributed by atoms with Gasteiger partial charge in [-0.15, -0.1) is 0 Å². The molecule has 0 unspecified atom stereocenters. The maximum atomic E-state index is 12.1. The van der Waals surface area contributed by atoms with E-state index in [4.69, 9.17) is 0 Å². The van der Waals surface area contributed by atoms with Gasteiger partial charge < -0.3 is 4.90 Å². The zero-order chi connectivity index (χ0) is 13.0. The van der Waals surface area contributed by atoms with Crippen LogP contribution in [0.5, 0.6) is 0 Å². The quantitative estimate of drug-likeness (QED) is 0.767. The fourth-order valence-electron chi connectivity index (χ4n) is 2.29. The molecule has 96 valence electrons. The van der Waals surface area contributed by atoms with Crippen LogP contribution in [0.25, 0.3) is 0 Å². The molecule has 0 spiro atoms. The topological polar surface area (TPSA) is 37.4 Å². The number of benzene rings is 1. The zero-order valence-electron chi connectivity index (χ0n) is 10.8. The summed E-state index contributed by atoms with van der Waals surface area (Å²) in [5.41, 5.74) is 1.77. The zero-order valence-corrected chi connectivity index (χ0v) is 10.8. The van der Waals surface area contributed by atoms with Gasteiger partial charge in [-0.3, -0.25) is 9.59 Å². The molecule has 1 fully saturated rings. The van der Waals surface area contributed by atoms with E-state index >= 15 is 0 Å². The molecule has 1 aliphatic heterocycles. The molecule has 0 saturated carbocycles. The van der Waals surface area contributed by atoms with E-state index in [0.717, 1.165) is 31.4 Å². The van der Waals surface area contributed by atoms with Crippen LogP contribution in [0.2, 0.25) is 0 Å². The van der Waals surface area contributed by atoms with Gasteiger partial charge >= 0.3 is 0 Å². The summed E-state index contributed by atoms with van der Waals surface area (Å²) in [7, 11) is 0. The lowest BCUT2D eigenvalue weighted by Crippen LogP contribution is -2.35. The number of carbonyl (C=O) groups excluding carboxylic acids is 2. The van der Waals surface area contributed by atoms with Crippen LogP contribution in [0.1, 0.15) is 41.6 Å². The minimum Gasteiger partial charge on any atom is -0.335 e.